The van der Waals surface area contributed by atoms with Gasteiger partial charge in [0.05, 0.1) is 16.3 Å². The molecule has 110 valence electrons. The van der Waals surface area contributed by atoms with Gasteiger partial charge in [0.2, 0.25) is 5.91 Å². The minimum atomic E-state index is -0.518. The van der Waals surface area contributed by atoms with Crippen molar-refractivity contribution in [1.82, 2.24) is 9.97 Å². The molecule has 3 rings (SSSR count). The van der Waals surface area contributed by atoms with Gasteiger partial charge in [0.25, 0.3) is 5.56 Å². The topological polar surface area (TPSA) is 66.1 Å². The molecule has 1 N–H and O–H groups in total. The van der Waals surface area contributed by atoms with Crippen LogP contribution in [0.5, 0.6) is 0 Å². The Morgan fingerprint density at radius 2 is 1.90 bits per heavy atom. The summed E-state index contributed by atoms with van der Waals surface area (Å²) >= 11 is 0. The van der Waals surface area contributed by atoms with Crippen LogP contribution in [0.1, 0.15) is 38.1 Å². The number of amides is 1. The number of benzene rings is 1. The van der Waals surface area contributed by atoms with Gasteiger partial charge in [-0.3, -0.25) is 9.59 Å². The van der Waals surface area contributed by atoms with Crippen LogP contribution in [0.15, 0.2) is 16.9 Å². The van der Waals surface area contributed by atoms with Gasteiger partial charge in [-0.1, -0.05) is 13.8 Å². The molecule has 2 heterocycles. The van der Waals surface area contributed by atoms with Crippen molar-refractivity contribution in [2.24, 2.45) is 0 Å². The Morgan fingerprint density at radius 3 is 2.52 bits per heavy atom. The number of fused-ring (bicyclic) bond motifs is 2. The van der Waals surface area contributed by atoms with E-state index in [1.165, 1.54) is 0 Å². The van der Waals surface area contributed by atoms with Crippen LogP contribution in [0, 0.1) is 6.92 Å². The van der Waals surface area contributed by atoms with E-state index in [-0.39, 0.29) is 11.5 Å². The second-order valence-electron chi connectivity index (χ2n) is 5.69. The highest BCUT2D eigenvalue weighted by molar-refractivity contribution is 6.09. The number of nitrogens with one attached hydrogen (secondary N) is 1. The molecule has 0 atom stereocenters. The standard InChI is InChI=1S/C16H19N3O2/c1-5-16(6-2)11-7-10-12(17-9(3)18-14(10)20)8-13(11)19(4)15(16)21/h7-8H,5-6H2,1-4H3,(H,17,18,20). The van der Waals surface area contributed by atoms with Gasteiger partial charge in [-0.2, -0.15) is 0 Å². The SMILES string of the molecule is CCC1(CC)C(=O)N(C)c2cc3nc(C)[nH]c(=O)c3cc21. The summed E-state index contributed by atoms with van der Waals surface area (Å²) in [5, 5.41) is 0.550. The average Bonchev–Trinajstić information content (AvgIpc) is 2.66. The fourth-order valence-electron chi connectivity index (χ4n) is 3.43. The van der Waals surface area contributed by atoms with Crippen LogP contribution in [0.3, 0.4) is 0 Å². The molecular formula is C16H19N3O2. The smallest absolute Gasteiger partial charge is 0.258 e. The number of likely N-dealkylation sites (N-methyl/N-ethyl adjacent to an activating group) is 1. The van der Waals surface area contributed by atoms with E-state index in [4.69, 9.17) is 0 Å². The number of hydrogen-bond donors (Lipinski definition) is 1. The first-order valence-electron chi connectivity index (χ1n) is 7.28. The first-order valence-corrected chi connectivity index (χ1v) is 7.28. The zero-order valence-electron chi connectivity index (χ0n) is 12.8. The minimum absolute atomic E-state index is 0.103. The molecule has 1 amide bonds. The number of nitrogens with zero attached hydrogens (tertiary/aromatic N) is 2. The highest BCUT2D eigenvalue weighted by Gasteiger charge is 2.47. The molecule has 5 nitrogen and oxygen atoms in total. The molecule has 1 aliphatic heterocycles. The number of carbonyl (C=O) groups excluding carboxylic acids is 1. The summed E-state index contributed by atoms with van der Waals surface area (Å²) in [5.41, 5.74) is 1.79. The van der Waals surface area contributed by atoms with Crippen molar-refractivity contribution >= 4 is 22.5 Å². The van der Waals surface area contributed by atoms with E-state index in [9.17, 15) is 9.59 Å². The Kier molecular flexibility index (Phi) is 2.90. The molecule has 1 aromatic carbocycles. The Balaban J connectivity index is 2.41. The van der Waals surface area contributed by atoms with Crippen molar-refractivity contribution in [1.29, 1.82) is 0 Å². The first-order chi connectivity index (χ1) is 9.94. The fraction of sp³-hybridized carbons (Fsp3) is 0.438. The van der Waals surface area contributed by atoms with Gasteiger partial charge in [0.15, 0.2) is 0 Å². The molecule has 1 aliphatic rings. The highest BCUT2D eigenvalue weighted by atomic mass is 16.2. The molecule has 5 heteroatoms. The molecule has 0 saturated heterocycles. The lowest BCUT2D eigenvalue weighted by molar-refractivity contribution is -0.123. The van der Waals surface area contributed by atoms with E-state index in [0.29, 0.717) is 16.7 Å². The summed E-state index contributed by atoms with van der Waals surface area (Å²) in [7, 11) is 1.79. The largest absolute Gasteiger partial charge is 0.314 e. The maximum Gasteiger partial charge on any atom is 0.258 e. The molecule has 0 saturated carbocycles. The maximum atomic E-state index is 12.7. The van der Waals surface area contributed by atoms with E-state index in [2.05, 4.69) is 9.97 Å². The number of aromatic nitrogens is 2. The van der Waals surface area contributed by atoms with Crippen LogP contribution >= 0.6 is 0 Å². The van der Waals surface area contributed by atoms with Gasteiger partial charge in [-0.15, -0.1) is 0 Å². The van der Waals surface area contributed by atoms with Crippen molar-refractivity contribution in [2.45, 2.75) is 39.0 Å². The number of aryl methyl sites for hydroxylation is 1. The number of H-pyrrole nitrogens is 1. The van der Waals surface area contributed by atoms with E-state index in [1.54, 1.807) is 18.9 Å². The summed E-state index contributed by atoms with van der Waals surface area (Å²) in [5.74, 6) is 0.683. The zero-order chi connectivity index (χ0) is 15.4. The summed E-state index contributed by atoms with van der Waals surface area (Å²) < 4.78 is 0. The molecule has 1 aromatic heterocycles. The van der Waals surface area contributed by atoms with E-state index in [1.807, 2.05) is 26.0 Å². The van der Waals surface area contributed by atoms with Crippen LogP contribution in [0.2, 0.25) is 0 Å². The third-order valence-corrected chi connectivity index (χ3v) is 4.74. The van der Waals surface area contributed by atoms with Gasteiger partial charge in [0, 0.05) is 12.7 Å². The Hall–Kier alpha value is -2.17. The zero-order valence-corrected chi connectivity index (χ0v) is 12.8. The number of aromatic amines is 1. The first kappa shape index (κ1) is 13.8. The highest BCUT2D eigenvalue weighted by Crippen LogP contribution is 2.46. The molecule has 0 spiro atoms. The molecular weight excluding hydrogens is 266 g/mol. The van der Waals surface area contributed by atoms with Crippen LogP contribution in [-0.4, -0.2) is 22.9 Å². The third kappa shape index (κ3) is 1.66. The monoisotopic (exact) mass is 285 g/mol. The molecule has 0 unspecified atom stereocenters. The van der Waals surface area contributed by atoms with Crippen molar-refractivity contribution in [3.05, 3.63) is 33.9 Å². The van der Waals surface area contributed by atoms with Gasteiger partial charge in [-0.25, -0.2) is 4.98 Å². The van der Waals surface area contributed by atoms with Crippen molar-refractivity contribution in [2.75, 3.05) is 11.9 Å². The second kappa shape index (κ2) is 4.41. The third-order valence-electron chi connectivity index (χ3n) is 4.74. The molecule has 2 aromatic rings. The quantitative estimate of drug-likeness (QED) is 0.920. The molecule has 21 heavy (non-hydrogen) atoms. The number of carbonyl (C=O) groups is 1. The van der Waals surface area contributed by atoms with Crippen LogP contribution in [-0.2, 0) is 10.2 Å². The normalized spacial score (nSPS) is 16.6. The van der Waals surface area contributed by atoms with Gasteiger partial charge in [-0.05, 0) is 37.5 Å². The van der Waals surface area contributed by atoms with E-state index < -0.39 is 5.41 Å². The Labute approximate surface area is 123 Å². The number of rotatable bonds is 2. The van der Waals surface area contributed by atoms with Crippen molar-refractivity contribution < 1.29 is 4.79 Å². The Bertz CT molecular complexity index is 803. The fourth-order valence-corrected chi connectivity index (χ4v) is 3.43. The van der Waals surface area contributed by atoms with Gasteiger partial charge < -0.3 is 9.88 Å². The molecule has 0 fully saturated rings. The lowest BCUT2D eigenvalue weighted by atomic mass is 9.76. The second-order valence-corrected chi connectivity index (χ2v) is 5.69. The van der Waals surface area contributed by atoms with E-state index in [0.717, 1.165) is 24.1 Å². The summed E-state index contributed by atoms with van der Waals surface area (Å²) in [6.45, 7) is 5.80. The molecule has 0 radical (unpaired) electrons. The van der Waals surface area contributed by atoms with Crippen LogP contribution in [0.4, 0.5) is 5.69 Å². The van der Waals surface area contributed by atoms with Gasteiger partial charge in [0.1, 0.15) is 5.82 Å². The van der Waals surface area contributed by atoms with Crippen molar-refractivity contribution in [3.8, 4) is 0 Å². The minimum Gasteiger partial charge on any atom is -0.314 e. The predicted molar refractivity (Wildman–Crippen MR) is 82.8 cm³/mol. The molecule has 0 aliphatic carbocycles. The van der Waals surface area contributed by atoms with E-state index >= 15 is 0 Å². The predicted octanol–water partition coefficient (Wildman–Crippen LogP) is 2.27. The molecule has 0 bridgehead atoms. The average molecular weight is 285 g/mol. The maximum absolute atomic E-state index is 12.7. The van der Waals surface area contributed by atoms with Crippen LogP contribution < -0.4 is 10.5 Å². The van der Waals surface area contributed by atoms with Gasteiger partial charge >= 0.3 is 0 Å². The van der Waals surface area contributed by atoms with Crippen molar-refractivity contribution in [3.63, 3.8) is 0 Å². The summed E-state index contributed by atoms with van der Waals surface area (Å²) in [6.07, 6.45) is 1.45. The Morgan fingerprint density at radius 1 is 1.24 bits per heavy atom. The number of anilines is 1. The van der Waals surface area contributed by atoms with Crippen LogP contribution in [0.25, 0.3) is 10.9 Å². The summed E-state index contributed by atoms with van der Waals surface area (Å²) in [6, 6.07) is 3.71. The lowest BCUT2D eigenvalue weighted by Crippen LogP contribution is -2.37. The summed E-state index contributed by atoms with van der Waals surface area (Å²) in [4.78, 5) is 33.7. The lowest BCUT2D eigenvalue weighted by Gasteiger charge is -2.25. The number of hydrogen-bond acceptors (Lipinski definition) is 3.